The summed E-state index contributed by atoms with van der Waals surface area (Å²) in [7, 11) is 0. The van der Waals surface area contributed by atoms with Crippen molar-refractivity contribution in [2.45, 2.75) is 23.8 Å². The Morgan fingerprint density at radius 3 is 2.79 bits per heavy atom. The molecule has 1 saturated heterocycles. The number of amides is 1. The molecule has 1 amide bonds. The van der Waals surface area contributed by atoms with Crippen LogP contribution in [0.4, 0.5) is 0 Å². The number of benzene rings is 1. The third-order valence-corrected chi connectivity index (χ3v) is 4.12. The molecule has 6 heteroatoms. The smallest absolute Gasteiger partial charge is 0.326 e. The number of aliphatic carboxylic acids is 1. The summed E-state index contributed by atoms with van der Waals surface area (Å²) in [4.78, 5) is 25.0. The minimum absolute atomic E-state index is 0.136. The van der Waals surface area contributed by atoms with Crippen LogP contribution in [0.3, 0.4) is 0 Å². The number of para-hydroxylation sites is 1. The Bertz CT molecular complexity index is 491. The van der Waals surface area contributed by atoms with Gasteiger partial charge in [0.2, 0.25) is 5.91 Å². The first-order chi connectivity index (χ1) is 9.09. The van der Waals surface area contributed by atoms with Gasteiger partial charge in [0.15, 0.2) is 0 Å². The van der Waals surface area contributed by atoms with E-state index in [9.17, 15) is 14.7 Å². The van der Waals surface area contributed by atoms with Crippen molar-refractivity contribution in [2.24, 2.45) is 0 Å². The van der Waals surface area contributed by atoms with Gasteiger partial charge in [0.05, 0.1) is 5.75 Å². The Morgan fingerprint density at radius 2 is 2.11 bits per heavy atom. The Balaban J connectivity index is 1.95. The molecule has 0 aromatic heterocycles. The first-order valence-corrected chi connectivity index (χ1v) is 7.01. The number of nitrogens with zero attached hydrogens (tertiary/aromatic N) is 1. The highest BCUT2D eigenvalue weighted by molar-refractivity contribution is 8.00. The standard InChI is InChI=1S/C13H15NO4S/c15-10-5-1-2-6-11(10)19-8-12(16)14-7-3-4-9(14)13(17)18/h1-2,5-6,9,15H,3-4,7-8H2,(H,17,18)/t9-/m1/s1. The van der Waals surface area contributed by atoms with Crippen LogP contribution in [0.25, 0.3) is 0 Å². The van der Waals surface area contributed by atoms with Crippen LogP contribution >= 0.6 is 11.8 Å². The maximum atomic E-state index is 12.0. The Labute approximate surface area is 115 Å². The van der Waals surface area contributed by atoms with Crippen LogP contribution in [0, 0.1) is 0 Å². The van der Waals surface area contributed by atoms with Crippen molar-refractivity contribution in [1.29, 1.82) is 0 Å². The van der Waals surface area contributed by atoms with Crippen molar-refractivity contribution in [1.82, 2.24) is 4.90 Å². The number of rotatable bonds is 4. The number of phenols is 1. The summed E-state index contributed by atoms with van der Waals surface area (Å²) < 4.78 is 0. The summed E-state index contributed by atoms with van der Waals surface area (Å²) in [6.07, 6.45) is 1.24. The van der Waals surface area contributed by atoms with Gasteiger partial charge in [0.25, 0.3) is 0 Å². The van der Waals surface area contributed by atoms with Gasteiger partial charge in [-0.3, -0.25) is 4.79 Å². The highest BCUT2D eigenvalue weighted by Crippen LogP contribution is 2.28. The van der Waals surface area contributed by atoms with Crippen LogP contribution in [0.15, 0.2) is 29.2 Å². The molecule has 0 aliphatic carbocycles. The van der Waals surface area contributed by atoms with Gasteiger partial charge >= 0.3 is 5.97 Å². The van der Waals surface area contributed by atoms with Gasteiger partial charge in [-0.15, -0.1) is 11.8 Å². The number of carbonyl (C=O) groups is 2. The molecule has 19 heavy (non-hydrogen) atoms. The molecule has 1 heterocycles. The molecule has 0 saturated carbocycles. The van der Waals surface area contributed by atoms with Crippen molar-refractivity contribution in [3.8, 4) is 5.75 Å². The Hall–Kier alpha value is -1.69. The zero-order valence-electron chi connectivity index (χ0n) is 10.3. The summed E-state index contributed by atoms with van der Waals surface area (Å²) in [5, 5.41) is 18.6. The number of hydrogen-bond donors (Lipinski definition) is 2. The minimum atomic E-state index is -0.946. The van der Waals surface area contributed by atoms with E-state index in [1.165, 1.54) is 16.7 Å². The fourth-order valence-corrected chi connectivity index (χ4v) is 2.96. The van der Waals surface area contributed by atoms with Gasteiger partial charge in [-0.1, -0.05) is 12.1 Å². The fraction of sp³-hybridized carbons (Fsp3) is 0.385. The number of carboxylic acids is 1. The van der Waals surface area contributed by atoms with Crippen molar-refractivity contribution in [3.05, 3.63) is 24.3 Å². The molecule has 2 rings (SSSR count). The summed E-state index contributed by atoms with van der Waals surface area (Å²) in [5.41, 5.74) is 0. The molecule has 1 aliphatic rings. The number of carboxylic acid groups (broad SMARTS) is 1. The number of aromatic hydroxyl groups is 1. The Morgan fingerprint density at radius 1 is 1.37 bits per heavy atom. The molecular weight excluding hydrogens is 266 g/mol. The molecule has 102 valence electrons. The molecule has 1 atom stereocenters. The highest BCUT2D eigenvalue weighted by Gasteiger charge is 2.33. The topological polar surface area (TPSA) is 77.8 Å². The van der Waals surface area contributed by atoms with Crippen LogP contribution in [-0.4, -0.2) is 45.3 Å². The van der Waals surface area contributed by atoms with E-state index in [1.807, 2.05) is 0 Å². The summed E-state index contributed by atoms with van der Waals surface area (Å²) in [6, 6.07) is 6.08. The van der Waals surface area contributed by atoms with Crippen molar-refractivity contribution in [3.63, 3.8) is 0 Å². The van der Waals surface area contributed by atoms with Gasteiger partial charge in [0.1, 0.15) is 11.8 Å². The third kappa shape index (κ3) is 3.20. The average molecular weight is 281 g/mol. The van der Waals surface area contributed by atoms with Crippen molar-refractivity contribution in [2.75, 3.05) is 12.3 Å². The number of likely N-dealkylation sites (tertiary alicyclic amines) is 1. The largest absolute Gasteiger partial charge is 0.507 e. The van der Waals surface area contributed by atoms with Crippen LogP contribution in [-0.2, 0) is 9.59 Å². The van der Waals surface area contributed by atoms with Crippen LogP contribution in [0.2, 0.25) is 0 Å². The molecule has 2 N–H and O–H groups in total. The highest BCUT2D eigenvalue weighted by atomic mass is 32.2. The lowest BCUT2D eigenvalue weighted by molar-refractivity contribution is -0.147. The number of hydrogen-bond acceptors (Lipinski definition) is 4. The SMILES string of the molecule is O=C(O)[C@H]1CCCN1C(=O)CSc1ccccc1O. The quantitative estimate of drug-likeness (QED) is 0.819. The molecule has 1 aliphatic heterocycles. The lowest BCUT2D eigenvalue weighted by atomic mass is 10.2. The first kappa shape index (κ1) is 13.7. The molecule has 1 fully saturated rings. The van der Waals surface area contributed by atoms with Crippen LogP contribution in [0.5, 0.6) is 5.75 Å². The molecule has 0 spiro atoms. The van der Waals surface area contributed by atoms with Gasteiger partial charge in [-0.05, 0) is 25.0 Å². The summed E-state index contributed by atoms with van der Waals surface area (Å²) in [5.74, 6) is -0.866. The van der Waals surface area contributed by atoms with E-state index in [-0.39, 0.29) is 17.4 Å². The maximum Gasteiger partial charge on any atom is 0.326 e. The lowest BCUT2D eigenvalue weighted by Gasteiger charge is -2.21. The second-order valence-electron chi connectivity index (χ2n) is 4.34. The predicted octanol–water partition coefficient (Wildman–Crippen LogP) is 1.56. The van der Waals surface area contributed by atoms with E-state index in [1.54, 1.807) is 24.3 Å². The molecule has 1 aromatic rings. The second kappa shape index (κ2) is 5.97. The molecule has 5 nitrogen and oxygen atoms in total. The maximum absolute atomic E-state index is 12.0. The van der Waals surface area contributed by atoms with Crippen LogP contribution < -0.4 is 0 Å². The molecule has 0 bridgehead atoms. The molecule has 0 radical (unpaired) electrons. The first-order valence-electron chi connectivity index (χ1n) is 6.02. The van der Waals surface area contributed by atoms with E-state index in [2.05, 4.69) is 0 Å². The number of phenolic OH excluding ortho intramolecular Hbond substituents is 1. The van der Waals surface area contributed by atoms with Gasteiger partial charge in [-0.25, -0.2) is 4.79 Å². The molecule has 0 unspecified atom stereocenters. The van der Waals surface area contributed by atoms with Crippen molar-refractivity contribution < 1.29 is 19.8 Å². The average Bonchev–Trinajstić information content (AvgIpc) is 2.87. The van der Waals surface area contributed by atoms with Crippen molar-refractivity contribution >= 4 is 23.6 Å². The van der Waals surface area contributed by atoms with E-state index >= 15 is 0 Å². The monoisotopic (exact) mass is 281 g/mol. The zero-order chi connectivity index (χ0) is 13.8. The molecular formula is C13H15NO4S. The van der Waals surface area contributed by atoms with E-state index in [0.717, 1.165) is 6.42 Å². The summed E-state index contributed by atoms with van der Waals surface area (Å²) >= 11 is 1.22. The number of carbonyl (C=O) groups excluding carboxylic acids is 1. The molecule has 1 aromatic carbocycles. The van der Waals surface area contributed by atoms with E-state index in [0.29, 0.717) is 17.9 Å². The predicted molar refractivity (Wildman–Crippen MR) is 71.2 cm³/mol. The minimum Gasteiger partial charge on any atom is -0.507 e. The second-order valence-corrected chi connectivity index (χ2v) is 5.36. The van der Waals surface area contributed by atoms with E-state index in [4.69, 9.17) is 5.11 Å². The number of thioether (sulfide) groups is 1. The van der Waals surface area contributed by atoms with E-state index < -0.39 is 12.0 Å². The third-order valence-electron chi connectivity index (χ3n) is 3.07. The normalized spacial score (nSPS) is 18.5. The zero-order valence-corrected chi connectivity index (χ0v) is 11.1. The lowest BCUT2D eigenvalue weighted by Crippen LogP contribution is -2.41. The van der Waals surface area contributed by atoms with Gasteiger partial charge < -0.3 is 15.1 Å². The van der Waals surface area contributed by atoms with Crippen LogP contribution in [0.1, 0.15) is 12.8 Å². The van der Waals surface area contributed by atoms with Gasteiger partial charge in [0, 0.05) is 11.4 Å². The Kier molecular flexibility index (Phi) is 4.31. The fourth-order valence-electron chi connectivity index (χ4n) is 2.12. The summed E-state index contributed by atoms with van der Waals surface area (Å²) in [6.45, 7) is 0.497. The van der Waals surface area contributed by atoms with Gasteiger partial charge in [-0.2, -0.15) is 0 Å².